The van der Waals surface area contributed by atoms with E-state index in [1.54, 1.807) is 0 Å². The normalized spacial score (nSPS) is 11.8. The summed E-state index contributed by atoms with van der Waals surface area (Å²) in [6, 6.07) is 0. The van der Waals surface area contributed by atoms with Crippen LogP contribution >= 0.6 is 50.4 Å². The van der Waals surface area contributed by atoms with Crippen LogP contribution in [0.25, 0.3) is 0 Å². The Morgan fingerprint density at radius 1 is 1.50 bits per heavy atom. The molecule has 0 aliphatic rings. The third kappa shape index (κ3) is 6.09. The molecule has 0 aromatic carbocycles. The van der Waals surface area contributed by atoms with Gasteiger partial charge in [-0.3, -0.25) is 0 Å². The summed E-state index contributed by atoms with van der Waals surface area (Å²) in [4.78, 5) is 0. The van der Waals surface area contributed by atoms with Crippen molar-refractivity contribution in [3.8, 4) is 0 Å². The van der Waals surface area contributed by atoms with Crippen molar-refractivity contribution < 1.29 is 0 Å². The number of hydrogen-bond donors (Lipinski definition) is 0. The topological polar surface area (TPSA) is 0 Å². The molecular weight excluding hydrogens is 315 g/mol. The van der Waals surface area contributed by atoms with Crippen molar-refractivity contribution in [2.45, 2.75) is 0 Å². The van der Waals surface area contributed by atoms with Crippen molar-refractivity contribution in [2.75, 3.05) is 5.07 Å². The van der Waals surface area contributed by atoms with Gasteiger partial charge in [-0.05, 0) is 31.0 Å². The highest BCUT2D eigenvalue weighted by atomic mass is 79.9. The van der Waals surface area contributed by atoms with Crippen molar-refractivity contribution in [1.29, 1.82) is 0 Å². The lowest BCUT2D eigenvalue weighted by atomic mass is 11.9. The van der Waals surface area contributed by atoms with Crippen molar-refractivity contribution in [3.63, 3.8) is 0 Å². The minimum absolute atomic E-state index is 0.843. The largest absolute Gasteiger partial charge is 0.0867 e. The van der Waals surface area contributed by atoms with Crippen LogP contribution in [0.2, 0.25) is 0 Å². The van der Waals surface area contributed by atoms with Gasteiger partial charge in [0.1, 0.15) is 0 Å². The van der Waals surface area contributed by atoms with Gasteiger partial charge in [0.25, 0.3) is 0 Å². The molecule has 0 amide bonds. The zero-order valence-electron chi connectivity index (χ0n) is 2.70. The molecule has 0 heterocycles. The van der Waals surface area contributed by atoms with Crippen molar-refractivity contribution in [3.05, 3.63) is 0 Å². The first-order chi connectivity index (χ1) is 2.56. The standard InChI is InChI=1S/CH2Br3PS/c2-1-5(3,4)6/h1H2. The molecule has 0 saturated carbocycles. The van der Waals surface area contributed by atoms with Gasteiger partial charge in [0.2, 0.25) is 0 Å². The zero-order valence-corrected chi connectivity index (χ0v) is 9.17. The maximum absolute atomic E-state index is 4.88. The summed E-state index contributed by atoms with van der Waals surface area (Å²) in [5.74, 6) is 0. The third-order valence-electron chi connectivity index (χ3n) is 0.139. The van der Waals surface area contributed by atoms with E-state index < -0.39 is 3.44 Å². The van der Waals surface area contributed by atoms with Crippen LogP contribution in [0.4, 0.5) is 0 Å². The molecule has 0 aromatic heterocycles. The van der Waals surface area contributed by atoms with Gasteiger partial charge in [0.05, 0.1) is 8.51 Å². The van der Waals surface area contributed by atoms with E-state index >= 15 is 0 Å². The Balaban J connectivity index is 3.48. The average molecular weight is 317 g/mol. The molecule has 0 bridgehead atoms. The molecule has 0 atom stereocenters. The summed E-state index contributed by atoms with van der Waals surface area (Å²) in [6.45, 7) is 0. The minimum Gasteiger partial charge on any atom is -0.0851 e. The molecule has 6 heavy (non-hydrogen) atoms. The SMILES string of the molecule is S=P(Br)(Br)CBr. The number of alkyl halides is 1. The maximum Gasteiger partial charge on any atom is 0.0867 e. The Labute approximate surface area is 66.7 Å². The molecule has 0 radical (unpaired) electrons. The Kier molecular flexibility index (Phi) is 4.29. The Hall–Kier alpha value is 2.09. The van der Waals surface area contributed by atoms with Crippen molar-refractivity contribution in [1.82, 2.24) is 0 Å². The monoisotopic (exact) mass is 314 g/mol. The predicted molar refractivity (Wildman–Crippen MR) is 45.9 cm³/mol. The molecule has 0 N–H and O–H groups in total. The van der Waals surface area contributed by atoms with Crippen LogP contribution in [0.15, 0.2) is 0 Å². The summed E-state index contributed by atoms with van der Waals surface area (Å²) in [6.07, 6.45) is 0. The lowest BCUT2D eigenvalue weighted by Crippen LogP contribution is -1.49. The van der Waals surface area contributed by atoms with Gasteiger partial charge in [0.15, 0.2) is 0 Å². The van der Waals surface area contributed by atoms with Crippen LogP contribution in [0, 0.1) is 0 Å². The molecule has 0 nitrogen and oxygen atoms in total. The lowest BCUT2D eigenvalue weighted by molar-refractivity contribution is 2.36. The first-order valence-corrected chi connectivity index (χ1v) is 9.25. The van der Waals surface area contributed by atoms with Crippen molar-refractivity contribution >= 4 is 62.2 Å². The summed E-state index contributed by atoms with van der Waals surface area (Å²) < 4.78 is -1.27. The molecular formula is CH2Br3PS. The van der Waals surface area contributed by atoms with E-state index in [1.807, 2.05) is 0 Å². The molecule has 0 unspecified atom stereocenters. The second kappa shape index (κ2) is 3.18. The lowest BCUT2D eigenvalue weighted by Gasteiger charge is -1.93. The molecule has 0 spiro atoms. The van der Waals surface area contributed by atoms with Gasteiger partial charge < -0.3 is 0 Å². The summed E-state index contributed by atoms with van der Waals surface area (Å²) in [5.41, 5.74) is 0. The van der Waals surface area contributed by atoms with Crippen LogP contribution in [0.5, 0.6) is 0 Å². The van der Waals surface area contributed by atoms with Crippen LogP contribution in [-0.2, 0) is 11.8 Å². The quantitative estimate of drug-likeness (QED) is 0.527. The zero-order chi connectivity index (χ0) is 5.21. The molecule has 0 aliphatic carbocycles. The molecule has 0 fully saturated rings. The number of hydrogen-bond acceptors (Lipinski definition) is 1. The highest BCUT2D eigenvalue weighted by Crippen LogP contribution is 2.62. The van der Waals surface area contributed by atoms with Gasteiger partial charge in [-0.1, -0.05) is 27.7 Å². The Bertz CT molecular complexity index is 74.9. The number of rotatable bonds is 1. The van der Waals surface area contributed by atoms with Crippen molar-refractivity contribution in [2.24, 2.45) is 0 Å². The second-order valence-electron chi connectivity index (χ2n) is 0.690. The average Bonchev–Trinajstić information content (AvgIpc) is 1.35. The van der Waals surface area contributed by atoms with E-state index in [0.29, 0.717) is 0 Å². The summed E-state index contributed by atoms with van der Waals surface area (Å²) >= 11 is 14.7. The first-order valence-electron chi connectivity index (χ1n) is 1.10. The molecule has 5 heteroatoms. The van der Waals surface area contributed by atoms with Crippen LogP contribution < -0.4 is 0 Å². The van der Waals surface area contributed by atoms with Gasteiger partial charge in [-0.25, -0.2) is 0 Å². The molecule has 0 rings (SSSR count). The fourth-order valence-electron chi connectivity index (χ4n) is 0. The summed E-state index contributed by atoms with van der Waals surface area (Å²) in [7, 11) is 0. The smallest absolute Gasteiger partial charge is 0.0851 e. The Morgan fingerprint density at radius 3 is 1.67 bits per heavy atom. The maximum atomic E-state index is 4.88. The van der Waals surface area contributed by atoms with E-state index in [1.165, 1.54) is 0 Å². The van der Waals surface area contributed by atoms with Gasteiger partial charge >= 0.3 is 0 Å². The Morgan fingerprint density at radius 2 is 1.67 bits per heavy atom. The fraction of sp³-hybridized carbons (Fsp3) is 1.00. The third-order valence-corrected chi connectivity index (χ3v) is 9.60. The van der Waals surface area contributed by atoms with Crippen LogP contribution in [0.1, 0.15) is 0 Å². The first kappa shape index (κ1) is 8.09. The fourth-order valence-corrected chi connectivity index (χ4v) is 0. The predicted octanol–water partition coefficient (Wildman–Crippen LogP) is 3.44. The second-order valence-corrected chi connectivity index (χ2v) is 18.4. The van der Waals surface area contributed by atoms with E-state index in [9.17, 15) is 0 Å². The highest BCUT2D eigenvalue weighted by Gasteiger charge is 2.00. The summed E-state index contributed by atoms with van der Waals surface area (Å²) in [5, 5.41) is 0.843. The molecule has 38 valence electrons. The van der Waals surface area contributed by atoms with E-state index in [4.69, 9.17) is 11.8 Å². The number of halogens is 3. The van der Waals surface area contributed by atoms with Crippen LogP contribution in [-0.4, -0.2) is 5.07 Å². The van der Waals surface area contributed by atoms with E-state index in [2.05, 4.69) is 46.9 Å². The van der Waals surface area contributed by atoms with Crippen LogP contribution in [0.3, 0.4) is 0 Å². The molecule has 0 saturated heterocycles. The van der Waals surface area contributed by atoms with Gasteiger partial charge in [0, 0.05) is 0 Å². The van der Waals surface area contributed by atoms with E-state index in [-0.39, 0.29) is 0 Å². The molecule has 0 aliphatic heterocycles. The highest BCUT2D eigenvalue weighted by molar-refractivity contribution is 9.75. The van der Waals surface area contributed by atoms with Gasteiger partial charge in [-0.2, -0.15) is 0 Å². The minimum atomic E-state index is -1.27. The molecule has 0 aromatic rings. The van der Waals surface area contributed by atoms with E-state index in [0.717, 1.165) is 5.07 Å². The van der Waals surface area contributed by atoms with Gasteiger partial charge in [-0.15, -0.1) is 0 Å².